The number of fused-ring (bicyclic) bond motifs is 1. The summed E-state index contributed by atoms with van der Waals surface area (Å²) in [5.41, 5.74) is 1.12. The van der Waals surface area contributed by atoms with Gasteiger partial charge in [-0.1, -0.05) is 17.3 Å². The van der Waals surface area contributed by atoms with Gasteiger partial charge in [0.05, 0.1) is 5.52 Å². The number of rotatable bonds is 7. The summed E-state index contributed by atoms with van der Waals surface area (Å²) in [6.07, 6.45) is -1.64. The first-order valence-corrected chi connectivity index (χ1v) is 8.97. The van der Waals surface area contributed by atoms with Crippen LogP contribution in [-0.2, 0) is 6.42 Å². The van der Waals surface area contributed by atoms with Crippen molar-refractivity contribution in [2.75, 3.05) is 11.9 Å². The van der Waals surface area contributed by atoms with E-state index in [0.717, 1.165) is 0 Å². The summed E-state index contributed by atoms with van der Waals surface area (Å²) < 4.78 is 44.3. The maximum atomic E-state index is 13.0. The molecule has 0 spiro atoms. The predicted molar refractivity (Wildman–Crippen MR) is 101 cm³/mol. The summed E-state index contributed by atoms with van der Waals surface area (Å²) in [7, 11) is 0. The molecule has 1 N–H and O–H groups in total. The molecule has 0 saturated heterocycles. The van der Waals surface area contributed by atoms with E-state index < -0.39 is 12.2 Å². The van der Waals surface area contributed by atoms with Crippen LogP contribution in [0.15, 0.2) is 53.1 Å². The lowest BCUT2D eigenvalue weighted by Crippen LogP contribution is -2.08. The molecule has 0 unspecified atom stereocenters. The number of nitrogens with zero attached hydrogens (tertiary/aromatic N) is 4. The molecule has 0 bridgehead atoms. The van der Waals surface area contributed by atoms with Crippen molar-refractivity contribution in [3.63, 3.8) is 0 Å². The lowest BCUT2D eigenvalue weighted by Gasteiger charge is -2.10. The number of aryl methyl sites for hydroxylation is 1. The molecule has 0 fully saturated rings. The monoisotopic (exact) mass is 399 g/mol. The highest BCUT2D eigenvalue weighted by molar-refractivity contribution is 5.88. The molecule has 4 aromatic rings. The maximum absolute atomic E-state index is 13.0. The highest BCUT2D eigenvalue weighted by atomic mass is 19.3. The second kappa shape index (κ2) is 8.26. The largest absolute Gasteiger partial charge is 0.369 e. The smallest absolute Gasteiger partial charge is 0.297 e. The van der Waals surface area contributed by atoms with Crippen molar-refractivity contribution in [3.05, 3.63) is 66.1 Å². The van der Waals surface area contributed by atoms with Crippen LogP contribution in [0.25, 0.3) is 22.3 Å². The van der Waals surface area contributed by atoms with Crippen LogP contribution in [0.2, 0.25) is 0 Å². The number of hydrogen-bond donors (Lipinski definition) is 1. The van der Waals surface area contributed by atoms with E-state index in [2.05, 4.69) is 25.4 Å². The first kappa shape index (κ1) is 18.9. The zero-order valence-corrected chi connectivity index (χ0v) is 15.1. The molecule has 0 saturated carbocycles. The van der Waals surface area contributed by atoms with E-state index in [1.807, 2.05) is 0 Å². The first-order chi connectivity index (χ1) is 14.1. The van der Waals surface area contributed by atoms with Crippen molar-refractivity contribution in [1.82, 2.24) is 20.1 Å². The van der Waals surface area contributed by atoms with Crippen molar-refractivity contribution in [2.45, 2.75) is 19.3 Å². The molecule has 0 amide bonds. The van der Waals surface area contributed by atoms with Gasteiger partial charge in [-0.3, -0.25) is 0 Å². The summed E-state index contributed by atoms with van der Waals surface area (Å²) in [5, 5.41) is 7.65. The third-order valence-electron chi connectivity index (χ3n) is 4.25. The summed E-state index contributed by atoms with van der Waals surface area (Å²) in [6, 6.07) is 12.8. The highest BCUT2D eigenvalue weighted by Crippen LogP contribution is 2.24. The van der Waals surface area contributed by atoms with Gasteiger partial charge in [-0.25, -0.2) is 23.1 Å². The average Bonchev–Trinajstić information content (AvgIpc) is 3.20. The van der Waals surface area contributed by atoms with Gasteiger partial charge in [-0.05, 0) is 42.8 Å². The topological polar surface area (TPSA) is 76.7 Å². The van der Waals surface area contributed by atoms with Gasteiger partial charge in [0.25, 0.3) is 6.43 Å². The fraction of sp³-hybridized carbons (Fsp3) is 0.200. The Morgan fingerprint density at radius 3 is 2.55 bits per heavy atom. The number of hydrogen-bond acceptors (Lipinski definition) is 6. The van der Waals surface area contributed by atoms with E-state index >= 15 is 0 Å². The van der Waals surface area contributed by atoms with E-state index in [1.54, 1.807) is 36.4 Å². The molecule has 2 aromatic carbocycles. The Bertz CT molecular complexity index is 1110. The first-order valence-electron chi connectivity index (χ1n) is 8.97. The maximum Gasteiger partial charge on any atom is 0.297 e. The number of aromatic nitrogens is 4. The zero-order valence-electron chi connectivity index (χ0n) is 15.1. The molecular weight excluding hydrogens is 383 g/mol. The van der Waals surface area contributed by atoms with Gasteiger partial charge in [-0.15, -0.1) is 0 Å². The van der Waals surface area contributed by atoms with Crippen LogP contribution in [-0.4, -0.2) is 26.7 Å². The number of para-hydroxylation sites is 1. The molecule has 0 aliphatic rings. The summed E-state index contributed by atoms with van der Waals surface area (Å²) in [4.78, 5) is 12.1. The molecule has 2 heterocycles. The highest BCUT2D eigenvalue weighted by Gasteiger charge is 2.15. The van der Waals surface area contributed by atoms with Crippen LogP contribution >= 0.6 is 0 Å². The van der Waals surface area contributed by atoms with Crippen molar-refractivity contribution < 1.29 is 17.7 Å². The predicted octanol–water partition coefficient (Wildman–Crippen LogP) is 4.80. The molecule has 148 valence electrons. The van der Waals surface area contributed by atoms with E-state index in [1.165, 1.54) is 12.1 Å². The molecule has 0 radical (unpaired) electrons. The van der Waals surface area contributed by atoms with Crippen LogP contribution < -0.4 is 5.32 Å². The third-order valence-corrected chi connectivity index (χ3v) is 4.25. The van der Waals surface area contributed by atoms with Gasteiger partial charge in [0.2, 0.25) is 11.7 Å². The second-order valence-corrected chi connectivity index (χ2v) is 6.30. The summed E-state index contributed by atoms with van der Waals surface area (Å²) in [6.45, 7) is 0.470. The number of halogens is 3. The van der Waals surface area contributed by atoms with Crippen molar-refractivity contribution in [3.8, 4) is 11.4 Å². The van der Waals surface area contributed by atoms with Crippen molar-refractivity contribution in [2.24, 2.45) is 0 Å². The summed E-state index contributed by atoms with van der Waals surface area (Å²) >= 11 is 0. The van der Waals surface area contributed by atoms with E-state index in [-0.39, 0.29) is 5.82 Å². The zero-order chi connectivity index (χ0) is 20.2. The van der Waals surface area contributed by atoms with Crippen LogP contribution in [0, 0.1) is 5.82 Å². The Morgan fingerprint density at radius 1 is 0.966 bits per heavy atom. The lowest BCUT2D eigenvalue weighted by atomic mass is 10.2. The van der Waals surface area contributed by atoms with Gasteiger partial charge in [0, 0.05) is 23.9 Å². The Kier molecular flexibility index (Phi) is 5.37. The fourth-order valence-corrected chi connectivity index (χ4v) is 2.85. The molecule has 0 aliphatic heterocycles. The Morgan fingerprint density at radius 2 is 1.76 bits per heavy atom. The van der Waals surface area contributed by atoms with Crippen molar-refractivity contribution in [1.29, 1.82) is 0 Å². The fourth-order valence-electron chi connectivity index (χ4n) is 2.85. The Labute approximate surface area is 163 Å². The van der Waals surface area contributed by atoms with Gasteiger partial charge in [0.15, 0.2) is 5.82 Å². The molecule has 4 rings (SSSR count). The second-order valence-electron chi connectivity index (χ2n) is 6.30. The quantitative estimate of drug-likeness (QED) is 0.450. The number of nitrogens with one attached hydrogen (secondary N) is 1. The van der Waals surface area contributed by atoms with E-state index in [0.29, 0.717) is 53.4 Å². The SMILES string of the molecule is Fc1ccc(-c2noc(CCCNc3nc(C(F)F)nc4ccccc34)n2)cc1. The minimum atomic E-state index is -2.75. The molecule has 6 nitrogen and oxygen atoms in total. The minimum Gasteiger partial charge on any atom is -0.369 e. The Balaban J connectivity index is 1.39. The van der Waals surface area contributed by atoms with Gasteiger partial charge in [0.1, 0.15) is 11.6 Å². The average molecular weight is 399 g/mol. The minimum absolute atomic E-state index is 0.337. The Hall–Kier alpha value is -3.49. The molecular formula is C20H16F3N5O. The van der Waals surface area contributed by atoms with Gasteiger partial charge < -0.3 is 9.84 Å². The molecule has 29 heavy (non-hydrogen) atoms. The van der Waals surface area contributed by atoms with Crippen LogP contribution in [0.5, 0.6) is 0 Å². The van der Waals surface area contributed by atoms with Crippen LogP contribution in [0.1, 0.15) is 24.6 Å². The van der Waals surface area contributed by atoms with Crippen LogP contribution in [0.3, 0.4) is 0 Å². The molecule has 2 aromatic heterocycles. The lowest BCUT2D eigenvalue weighted by molar-refractivity contribution is 0.141. The number of benzene rings is 2. The van der Waals surface area contributed by atoms with E-state index in [4.69, 9.17) is 4.52 Å². The molecule has 9 heteroatoms. The normalized spacial score (nSPS) is 11.3. The third kappa shape index (κ3) is 4.34. The van der Waals surface area contributed by atoms with Gasteiger partial charge in [-0.2, -0.15) is 4.98 Å². The summed E-state index contributed by atoms with van der Waals surface area (Å²) in [5.74, 6) is 0.342. The molecule has 0 atom stereocenters. The van der Waals surface area contributed by atoms with Crippen molar-refractivity contribution >= 4 is 16.7 Å². The van der Waals surface area contributed by atoms with Gasteiger partial charge >= 0.3 is 0 Å². The van der Waals surface area contributed by atoms with Crippen LogP contribution in [0.4, 0.5) is 19.0 Å². The van der Waals surface area contributed by atoms with E-state index in [9.17, 15) is 13.2 Å². The number of alkyl halides is 2. The number of anilines is 1. The molecule has 0 aliphatic carbocycles. The standard InChI is InChI=1S/C20H16F3N5O/c21-13-9-7-12(8-10-13)18-26-16(29-28-18)6-3-11-24-19-14-4-1-2-5-15(14)25-20(27-19)17(22)23/h1-2,4-5,7-10,17H,3,6,11H2,(H,24,25,27).